The average Bonchev–Trinajstić information content (AvgIpc) is 4.00. The standard InChI is InChI=1S/C51H36O2/c1-53-29(52)9-5-6-10-51-48-36-26-16-24-14-22-12-20-11-21-13-23-15-25-17-27(19-50(51,18-26)28-7-3-2-4-8-28)37-33(25)41-35(23)39-31(21)30(20)38-34(22)40(32(24)36)44-42(38)43(39)45(41)47(46(44)48)49(37)51/h2-4,7-8,12,14-15,21-22,26-27,34H,5-6,9-11,13,16-19H2,1H3. The van der Waals surface area contributed by atoms with Gasteiger partial charge in [0.15, 0.2) is 0 Å². The molecule has 0 spiro atoms. The molecule has 0 bridgehead atoms. The molecule has 2 heteroatoms. The monoisotopic (exact) mass is 680 g/mol. The number of rotatable bonds is 6. The van der Waals surface area contributed by atoms with Crippen LogP contribution in [0.2, 0.25) is 0 Å². The number of allylic oxidation sites excluding steroid dienone is 4. The highest BCUT2D eigenvalue weighted by molar-refractivity contribution is 6.46. The van der Waals surface area contributed by atoms with E-state index in [0.29, 0.717) is 36.0 Å². The van der Waals surface area contributed by atoms with E-state index in [2.05, 4.69) is 48.6 Å². The van der Waals surface area contributed by atoms with E-state index in [1.54, 1.807) is 139 Å². The number of ether oxygens (including phenoxy) is 1. The molecule has 0 heterocycles. The summed E-state index contributed by atoms with van der Waals surface area (Å²) in [5, 5.41) is 13.6. The van der Waals surface area contributed by atoms with Crippen LogP contribution in [-0.2, 0) is 33.2 Å². The lowest BCUT2D eigenvalue weighted by Gasteiger charge is -2.60. The first-order chi connectivity index (χ1) is 26.1. The third-order valence-electron chi connectivity index (χ3n) is 18.1. The lowest BCUT2D eigenvalue weighted by atomic mass is 9.42. The predicted octanol–water partition coefficient (Wildman–Crippen LogP) is 11.4. The molecule has 6 aromatic rings. The Morgan fingerprint density at radius 1 is 0.660 bits per heavy atom. The summed E-state index contributed by atoms with van der Waals surface area (Å²) >= 11 is 0. The van der Waals surface area contributed by atoms with Crippen LogP contribution in [-0.4, -0.2) is 13.1 Å². The number of esters is 1. The van der Waals surface area contributed by atoms with Crippen molar-refractivity contribution in [2.75, 3.05) is 7.11 Å². The highest BCUT2D eigenvalue weighted by atomic mass is 16.5. The van der Waals surface area contributed by atoms with E-state index in [0.717, 1.165) is 19.3 Å². The van der Waals surface area contributed by atoms with Crippen molar-refractivity contribution >= 4 is 60.2 Å². The highest BCUT2D eigenvalue weighted by Gasteiger charge is 2.68. The van der Waals surface area contributed by atoms with Crippen molar-refractivity contribution in [3.63, 3.8) is 0 Å². The second-order valence-electron chi connectivity index (χ2n) is 19.4. The fourth-order valence-electron chi connectivity index (χ4n) is 17.3. The van der Waals surface area contributed by atoms with Crippen LogP contribution in [0.3, 0.4) is 0 Å². The van der Waals surface area contributed by atoms with Crippen LogP contribution in [0, 0.1) is 5.92 Å². The van der Waals surface area contributed by atoms with Gasteiger partial charge < -0.3 is 4.74 Å². The third-order valence-corrected chi connectivity index (χ3v) is 18.1. The maximum Gasteiger partial charge on any atom is 0.305 e. The molecule has 17 rings (SSSR count). The van der Waals surface area contributed by atoms with Gasteiger partial charge in [0.2, 0.25) is 0 Å². The lowest BCUT2D eigenvalue weighted by Crippen LogP contribution is -2.56. The Kier molecular flexibility index (Phi) is 3.70. The number of benzene rings is 6. The van der Waals surface area contributed by atoms with Crippen LogP contribution in [0.5, 0.6) is 0 Å². The molecule has 0 N–H and O–H groups in total. The van der Waals surface area contributed by atoms with Gasteiger partial charge in [-0.15, -0.1) is 0 Å². The van der Waals surface area contributed by atoms with Crippen LogP contribution < -0.4 is 0 Å². The molecule has 7 atom stereocenters. The molecule has 7 unspecified atom stereocenters. The molecule has 53 heavy (non-hydrogen) atoms. The fourth-order valence-corrected chi connectivity index (χ4v) is 17.3. The van der Waals surface area contributed by atoms with E-state index in [1.165, 1.54) is 38.5 Å². The summed E-state index contributed by atoms with van der Waals surface area (Å²) in [5.41, 5.74) is 27.4. The van der Waals surface area contributed by atoms with E-state index in [9.17, 15) is 4.79 Å². The number of carbonyl (C=O) groups is 1. The first-order valence-electron chi connectivity index (χ1n) is 20.9. The SMILES string of the molecule is COC(=O)CCCCC12c3c4c5c6c7c8c9c%10c%11c%12c8c8c%13c-%12c%12cc%14c%13c(c1c8c37)C(C%14)CC2(c1ccccc1)CC4CC5=CC(C=C%10CC%11C%12)C69. The van der Waals surface area contributed by atoms with Gasteiger partial charge in [0.25, 0.3) is 0 Å². The first kappa shape index (κ1) is 26.1. The minimum absolute atomic E-state index is 0.0181. The Hall–Kier alpha value is -4.69. The molecule has 6 aromatic carbocycles. The Labute approximate surface area is 306 Å². The van der Waals surface area contributed by atoms with Crippen molar-refractivity contribution in [2.45, 2.75) is 98.7 Å². The lowest BCUT2D eigenvalue weighted by molar-refractivity contribution is -0.140. The van der Waals surface area contributed by atoms with Gasteiger partial charge in [0.1, 0.15) is 0 Å². The zero-order valence-corrected chi connectivity index (χ0v) is 29.9. The largest absolute Gasteiger partial charge is 0.469 e. The summed E-state index contributed by atoms with van der Waals surface area (Å²) < 4.78 is 5.20. The molecule has 0 aromatic heterocycles. The molecule has 2 nitrogen and oxygen atoms in total. The molecular formula is C51H36O2. The molecule has 0 saturated heterocycles. The van der Waals surface area contributed by atoms with Gasteiger partial charge in [-0.25, -0.2) is 0 Å². The summed E-state index contributed by atoms with van der Waals surface area (Å²) in [5.74, 6) is 2.69. The second kappa shape index (κ2) is 7.50. The van der Waals surface area contributed by atoms with Crippen LogP contribution in [0.15, 0.2) is 48.6 Å². The van der Waals surface area contributed by atoms with Crippen LogP contribution in [0.4, 0.5) is 0 Å². The van der Waals surface area contributed by atoms with E-state index in [1.807, 2.05) is 0 Å². The van der Waals surface area contributed by atoms with Gasteiger partial charge in [0, 0.05) is 29.1 Å². The Bertz CT molecular complexity index is 3150. The molecule has 0 fully saturated rings. The van der Waals surface area contributed by atoms with E-state index in [4.69, 9.17) is 4.74 Å². The summed E-state index contributed by atoms with van der Waals surface area (Å²) in [7, 11) is 1.55. The van der Waals surface area contributed by atoms with E-state index < -0.39 is 0 Å². The van der Waals surface area contributed by atoms with Crippen molar-refractivity contribution in [2.24, 2.45) is 5.92 Å². The molecule has 11 aliphatic carbocycles. The zero-order valence-electron chi connectivity index (χ0n) is 29.9. The molecule has 0 radical (unpaired) electrons. The van der Waals surface area contributed by atoms with Crippen molar-refractivity contribution in [3.8, 4) is 11.1 Å². The summed E-state index contributed by atoms with van der Waals surface area (Å²) in [6, 6.07) is 14.7. The Balaban J connectivity index is 1.16. The third kappa shape index (κ3) is 2.20. The normalized spacial score (nSPS) is 32.0. The highest BCUT2D eigenvalue weighted by Crippen LogP contribution is 2.80. The Morgan fingerprint density at radius 2 is 1.36 bits per heavy atom. The van der Waals surface area contributed by atoms with Gasteiger partial charge >= 0.3 is 5.97 Å². The number of hydrogen-bond acceptors (Lipinski definition) is 2. The van der Waals surface area contributed by atoms with Gasteiger partial charge in [0.05, 0.1) is 7.11 Å². The summed E-state index contributed by atoms with van der Waals surface area (Å²) in [4.78, 5) is 12.6. The van der Waals surface area contributed by atoms with Gasteiger partial charge in [-0.05, 0) is 201 Å². The van der Waals surface area contributed by atoms with E-state index >= 15 is 0 Å². The van der Waals surface area contributed by atoms with E-state index in [-0.39, 0.29) is 16.8 Å². The topological polar surface area (TPSA) is 26.3 Å². The fraction of sp³-hybridized carbons (Fsp3) is 0.353. The first-order valence-corrected chi connectivity index (χ1v) is 20.9. The number of unbranched alkanes of at least 4 members (excludes halogenated alkanes) is 1. The smallest absolute Gasteiger partial charge is 0.305 e. The predicted molar refractivity (Wildman–Crippen MR) is 210 cm³/mol. The molecule has 11 aliphatic rings. The van der Waals surface area contributed by atoms with Crippen LogP contribution >= 0.6 is 0 Å². The number of hydrogen-bond donors (Lipinski definition) is 0. The van der Waals surface area contributed by atoms with Gasteiger partial charge in [-0.2, -0.15) is 0 Å². The summed E-state index contributed by atoms with van der Waals surface area (Å²) in [6.07, 6.45) is 16.5. The minimum atomic E-state index is -0.0894. The maximum absolute atomic E-state index is 12.6. The number of carbonyl (C=O) groups excluding carboxylic acids is 1. The Morgan fingerprint density at radius 3 is 2.19 bits per heavy atom. The van der Waals surface area contributed by atoms with Crippen LogP contribution in [0.1, 0.15) is 142 Å². The van der Waals surface area contributed by atoms with Crippen molar-refractivity contribution in [1.82, 2.24) is 0 Å². The molecule has 252 valence electrons. The van der Waals surface area contributed by atoms with Gasteiger partial charge in [-0.3, -0.25) is 4.79 Å². The number of methoxy groups -OCH3 is 1. The van der Waals surface area contributed by atoms with Crippen molar-refractivity contribution in [1.29, 1.82) is 0 Å². The quantitative estimate of drug-likeness (QED) is 0.0993. The zero-order chi connectivity index (χ0) is 33.8. The molecule has 0 amide bonds. The van der Waals surface area contributed by atoms with Crippen LogP contribution in [0.25, 0.3) is 65.4 Å². The molecule has 0 saturated carbocycles. The molecule has 0 aliphatic heterocycles. The van der Waals surface area contributed by atoms with Crippen molar-refractivity contribution < 1.29 is 9.53 Å². The molecular weight excluding hydrogens is 645 g/mol. The maximum atomic E-state index is 12.6. The van der Waals surface area contributed by atoms with Gasteiger partial charge in [-0.1, -0.05) is 55.0 Å². The minimum Gasteiger partial charge on any atom is -0.469 e. The second-order valence-corrected chi connectivity index (χ2v) is 19.4. The van der Waals surface area contributed by atoms with Crippen molar-refractivity contribution in [3.05, 3.63) is 115 Å². The summed E-state index contributed by atoms with van der Waals surface area (Å²) in [6.45, 7) is 0. The average molecular weight is 681 g/mol.